The maximum Gasteiger partial charge on any atom is 0.716 e. The summed E-state index contributed by atoms with van der Waals surface area (Å²) in [5, 5.41) is 0. The summed E-state index contributed by atoms with van der Waals surface area (Å²) in [6.07, 6.45) is 4.87. The highest BCUT2D eigenvalue weighted by molar-refractivity contribution is 7.33. The monoisotopic (exact) mass is 178 g/mol. The normalized spacial score (nSPS) is 20.6. The molecule has 1 rings (SSSR count). The van der Waals surface area contributed by atoms with E-state index >= 15 is 0 Å². The van der Waals surface area contributed by atoms with Gasteiger partial charge in [-0.2, -0.15) is 5.90 Å². The van der Waals surface area contributed by atoms with E-state index in [4.69, 9.17) is 4.52 Å². The minimum Gasteiger partial charge on any atom is -0.162 e. The van der Waals surface area contributed by atoms with E-state index in [0.29, 0.717) is 12.5 Å². The van der Waals surface area contributed by atoms with Gasteiger partial charge in [-0.25, -0.2) is 0 Å². The van der Waals surface area contributed by atoms with Crippen molar-refractivity contribution in [2.45, 2.75) is 25.7 Å². The van der Waals surface area contributed by atoms with Crippen LogP contribution in [-0.2, 0) is 13.7 Å². The van der Waals surface area contributed by atoms with Crippen molar-refractivity contribution in [3.63, 3.8) is 0 Å². The molecule has 64 valence electrons. The van der Waals surface area contributed by atoms with Crippen molar-refractivity contribution in [2.75, 3.05) is 6.61 Å². The lowest BCUT2D eigenvalue weighted by atomic mass is 10.1. The largest absolute Gasteiger partial charge is 0.716 e. The van der Waals surface area contributed by atoms with E-state index in [9.17, 15) is 4.57 Å². The van der Waals surface area contributed by atoms with Gasteiger partial charge in [0.1, 0.15) is 6.61 Å². The van der Waals surface area contributed by atoms with Crippen molar-refractivity contribution in [1.82, 2.24) is 0 Å². The average Bonchev–Trinajstić information content (AvgIpc) is 2.52. The van der Waals surface area contributed by atoms with Crippen molar-refractivity contribution in [3.8, 4) is 0 Å². The first-order chi connectivity index (χ1) is 5.33. The van der Waals surface area contributed by atoms with Crippen molar-refractivity contribution in [1.29, 1.82) is 0 Å². The van der Waals surface area contributed by atoms with Crippen molar-refractivity contribution in [2.24, 2.45) is 11.8 Å². The van der Waals surface area contributed by atoms with Crippen LogP contribution < -0.4 is 5.90 Å². The standard InChI is InChI=1S/C6H13NO3P/c7-10-11(8)9-5-6-3-1-2-4-6/h6H,1-5,7H2/q+1. The van der Waals surface area contributed by atoms with Crippen molar-refractivity contribution in [3.05, 3.63) is 0 Å². The second-order valence-electron chi connectivity index (χ2n) is 2.78. The molecule has 0 spiro atoms. The molecular formula is C6H13NO3P+. The Kier molecular flexibility index (Phi) is 3.94. The van der Waals surface area contributed by atoms with Crippen LogP contribution in [0.25, 0.3) is 0 Å². The van der Waals surface area contributed by atoms with Crippen LogP contribution >= 0.6 is 8.25 Å². The fraction of sp³-hybridized carbons (Fsp3) is 1.00. The van der Waals surface area contributed by atoms with E-state index in [1.807, 2.05) is 0 Å². The second-order valence-corrected chi connectivity index (χ2v) is 3.69. The lowest BCUT2D eigenvalue weighted by Crippen LogP contribution is -2.02. The summed E-state index contributed by atoms with van der Waals surface area (Å²) < 4.78 is 19.4. The highest BCUT2D eigenvalue weighted by Crippen LogP contribution is 2.29. The Hall–Kier alpha value is -0.0200. The summed E-state index contributed by atoms with van der Waals surface area (Å²) in [4.78, 5) is 0. The van der Waals surface area contributed by atoms with Gasteiger partial charge < -0.3 is 0 Å². The first kappa shape index (κ1) is 9.07. The van der Waals surface area contributed by atoms with E-state index in [0.717, 1.165) is 0 Å². The summed E-state index contributed by atoms with van der Waals surface area (Å²) in [5.41, 5.74) is 0. The van der Waals surface area contributed by atoms with E-state index in [2.05, 4.69) is 10.5 Å². The second kappa shape index (κ2) is 4.78. The summed E-state index contributed by atoms with van der Waals surface area (Å²) >= 11 is 0. The van der Waals surface area contributed by atoms with Crippen LogP contribution in [-0.4, -0.2) is 6.61 Å². The van der Waals surface area contributed by atoms with Crippen LogP contribution in [0.3, 0.4) is 0 Å². The van der Waals surface area contributed by atoms with Crippen LogP contribution in [0.15, 0.2) is 0 Å². The Bertz CT molecular complexity index is 136. The Labute approximate surface area is 67.0 Å². The molecule has 1 atom stereocenters. The molecule has 0 heterocycles. The topological polar surface area (TPSA) is 61.5 Å². The van der Waals surface area contributed by atoms with Gasteiger partial charge in [0.25, 0.3) is 0 Å². The first-order valence-electron chi connectivity index (χ1n) is 3.80. The van der Waals surface area contributed by atoms with Crippen LogP contribution in [0.2, 0.25) is 0 Å². The summed E-state index contributed by atoms with van der Waals surface area (Å²) in [5.74, 6) is 5.21. The smallest absolute Gasteiger partial charge is 0.162 e. The zero-order valence-corrected chi connectivity index (χ0v) is 7.26. The maximum atomic E-state index is 10.5. The maximum absolute atomic E-state index is 10.5. The molecule has 0 saturated heterocycles. The zero-order chi connectivity index (χ0) is 8.10. The molecule has 0 aliphatic heterocycles. The van der Waals surface area contributed by atoms with E-state index in [1.165, 1.54) is 25.7 Å². The third-order valence-corrected chi connectivity index (χ3v) is 2.51. The summed E-state index contributed by atoms with van der Waals surface area (Å²) in [6, 6.07) is 0. The Morgan fingerprint density at radius 1 is 1.45 bits per heavy atom. The van der Waals surface area contributed by atoms with E-state index in [1.54, 1.807) is 0 Å². The third-order valence-electron chi connectivity index (χ3n) is 1.98. The van der Waals surface area contributed by atoms with Gasteiger partial charge in [0, 0.05) is 4.57 Å². The molecule has 1 unspecified atom stereocenters. The molecule has 0 aromatic heterocycles. The summed E-state index contributed by atoms with van der Waals surface area (Å²) in [7, 11) is -2.07. The predicted octanol–water partition coefficient (Wildman–Crippen LogP) is 1.74. The van der Waals surface area contributed by atoms with Gasteiger partial charge >= 0.3 is 8.25 Å². The van der Waals surface area contributed by atoms with Gasteiger partial charge in [-0.15, -0.1) is 4.52 Å². The fourth-order valence-corrected chi connectivity index (χ4v) is 1.77. The molecule has 2 N–H and O–H groups in total. The highest BCUT2D eigenvalue weighted by Gasteiger charge is 2.23. The van der Waals surface area contributed by atoms with Crippen LogP contribution in [0.4, 0.5) is 0 Å². The molecular weight excluding hydrogens is 165 g/mol. The predicted molar refractivity (Wildman–Crippen MR) is 40.8 cm³/mol. The van der Waals surface area contributed by atoms with Gasteiger partial charge in [-0.05, 0) is 23.4 Å². The van der Waals surface area contributed by atoms with Crippen molar-refractivity contribution < 1.29 is 13.7 Å². The SMILES string of the molecule is NO[P+](=O)OCC1CCCC1. The van der Waals surface area contributed by atoms with Crippen LogP contribution in [0.1, 0.15) is 25.7 Å². The number of nitrogens with two attached hydrogens (primary N) is 1. The molecule has 0 radical (unpaired) electrons. The van der Waals surface area contributed by atoms with Gasteiger partial charge in [-0.1, -0.05) is 12.8 Å². The minimum atomic E-state index is -2.07. The fourth-order valence-electron chi connectivity index (χ4n) is 1.37. The minimum absolute atomic E-state index is 0.520. The molecule has 4 nitrogen and oxygen atoms in total. The highest BCUT2D eigenvalue weighted by atomic mass is 31.1. The zero-order valence-electron chi connectivity index (χ0n) is 6.36. The van der Waals surface area contributed by atoms with Gasteiger partial charge in [0.05, 0.1) is 0 Å². The van der Waals surface area contributed by atoms with Gasteiger partial charge in [0.2, 0.25) is 0 Å². The molecule has 0 aromatic carbocycles. The third kappa shape index (κ3) is 3.25. The molecule has 5 heteroatoms. The van der Waals surface area contributed by atoms with Crippen molar-refractivity contribution >= 4 is 8.25 Å². The molecule has 0 aromatic rings. The Morgan fingerprint density at radius 3 is 2.64 bits per heavy atom. The molecule has 1 saturated carbocycles. The number of hydrogen-bond acceptors (Lipinski definition) is 4. The molecule has 1 aliphatic rings. The lowest BCUT2D eigenvalue weighted by molar-refractivity contribution is 0.200. The van der Waals surface area contributed by atoms with E-state index in [-0.39, 0.29) is 0 Å². The first-order valence-corrected chi connectivity index (χ1v) is 4.89. The van der Waals surface area contributed by atoms with Crippen LogP contribution in [0, 0.1) is 5.92 Å². The van der Waals surface area contributed by atoms with E-state index < -0.39 is 8.25 Å². The Morgan fingerprint density at radius 2 is 2.09 bits per heavy atom. The quantitative estimate of drug-likeness (QED) is 0.526. The molecule has 0 amide bonds. The van der Waals surface area contributed by atoms with Crippen LogP contribution in [0.5, 0.6) is 0 Å². The van der Waals surface area contributed by atoms with Gasteiger partial charge in [-0.3, -0.25) is 0 Å². The average molecular weight is 178 g/mol. The number of rotatable bonds is 4. The molecule has 1 aliphatic carbocycles. The Balaban J connectivity index is 2.06. The molecule has 1 fully saturated rings. The number of hydrogen-bond donors (Lipinski definition) is 1. The molecule has 0 bridgehead atoms. The van der Waals surface area contributed by atoms with Gasteiger partial charge in [0.15, 0.2) is 0 Å². The lowest BCUT2D eigenvalue weighted by Gasteiger charge is -2.00. The summed E-state index contributed by atoms with van der Waals surface area (Å²) in [6.45, 7) is 0.520. The molecule has 11 heavy (non-hydrogen) atoms.